The summed E-state index contributed by atoms with van der Waals surface area (Å²) in [6.45, 7) is 3.81. The molecule has 1 aliphatic rings. The molecule has 1 fully saturated rings. The summed E-state index contributed by atoms with van der Waals surface area (Å²) in [5.41, 5.74) is 3.13. The molecule has 1 saturated heterocycles. The smallest absolute Gasteiger partial charge is 0.143 e. The zero-order valence-electron chi connectivity index (χ0n) is 14.1. The van der Waals surface area contributed by atoms with Gasteiger partial charge in [-0.3, -0.25) is 4.68 Å². The lowest BCUT2D eigenvalue weighted by Gasteiger charge is -2.14. The molecule has 8 heteroatoms. The Hall–Kier alpha value is -2.74. The van der Waals surface area contributed by atoms with Crippen LogP contribution in [0.25, 0.3) is 5.69 Å². The van der Waals surface area contributed by atoms with E-state index in [0.717, 1.165) is 37.4 Å². The van der Waals surface area contributed by atoms with Crippen LogP contribution in [0.15, 0.2) is 43.0 Å². The van der Waals surface area contributed by atoms with Crippen LogP contribution in [-0.4, -0.2) is 42.7 Å². The lowest BCUT2D eigenvalue weighted by Crippen LogP contribution is -2.15. The Morgan fingerprint density at radius 1 is 1.32 bits per heavy atom. The van der Waals surface area contributed by atoms with Crippen LogP contribution >= 0.6 is 0 Å². The molecule has 0 aliphatic carbocycles. The molecule has 0 bridgehead atoms. The van der Waals surface area contributed by atoms with E-state index in [1.54, 1.807) is 11.0 Å². The summed E-state index contributed by atoms with van der Waals surface area (Å²) in [5, 5.41) is 19.1. The van der Waals surface area contributed by atoms with Gasteiger partial charge in [0.2, 0.25) is 0 Å². The fraction of sp³-hybridized carbons (Fsp3) is 0.412. The number of rotatable bonds is 6. The summed E-state index contributed by atoms with van der Waals surface area (Å²) in [6.07, 6.45) is 8.04. The van der Waals surface area contributed by atoms with Crippen molar-refractivity contribution in [3.63, 3.8) is 0 Å². The van der Waals surface area contributed by atoms with Crippen LogP contribution in [0.1, 0.15) is 31.4 Å². The predicted molar refractivity (Wildman–Crippen MR) is 92.4 cm³/mol. The van der Waals surface area contributed by atoms with Crippen molar-refractivity contribution in [3.05, 3.63) is 48.5 Å². The molecular formula is C17H21N7O. The minimum atomic E-state index is 0.170. The zero-order chi connectivity index (χ0) is 17.1. The summed E-state index contributed by atoms with van der Waals surface area (Å²) in [7, 11) is 0. The first-order chi connectivity index (χ1) is 12.3. The van der Waals surface area contributed by atoms with Crippen molar-refractivity contribution in [1.29, 1.82) is 0 Å². The van der Waals surface area contributed by atoms with Crippen molar-refractivity contribution >= 4 is 5.69 Å². The standard InChI is InChI=1S/C17H21N7O/c1-13(14-4-6-16(7-5-14)24-12-18-21-22-24)20-15-9-19-23(10-15)11-17-3-2-8-25-17/h4-7,9-10,12-13,17,20H,2-3,8,11H2,1H3. The summed E-state index contributed by atoms with van der Waals surface area (Å²) in [6, 6.07) is 8.33. The fourth-order valence-corrected chi connectivity index (χ4v) is 3.06. The monoisotopic (exact) mass is 339 g/mol. The van der Waals surface area contributed by atoms with Crippen molar-refractivity contribution in [2.75, 3.05) is 11.9 Å². The average Bonchev–Trinajstić information content (AvgIpc) is 3.38. The fourth-order valence-electron chi connectivity index (χ4n) is 3.06. The Balaban J connectivity index is 1.38. The molecule has 1 aliphatic heterocycles. The molecule has 3 aromatic rings. The Morgan fingerprint density at radius 3 is 2.92 bits per heavy atom. The number of aromatic nitrogens is 6. The van der Waals surface area contributed by atoms with Gasteiger partial charge in [0.1, 0.15) is 6.33 Å². The van der Waals surface area contributed by atoms with Crippen LogP contribution in [0.2, 0.25) is 0 Å². The molecule has 4 rings (SSSR count). The summed E-state index contributed by atoms with van der Waals surface area (Å²) in [5.74, 6) is 0. The van der Waals surface area contributed by atoms with Gasteiger partial charge in [-0.2, -0.15) is 5.10 Å². The number of tetrazole rings is 1. The molecule has 3 heterocycles. The summed E-state index contributed by atoms with van der Waals surface area (Å²) in [4.78, 5) is 0. The van der Waals surface area contributed by atoms with E-state index in [9.17, 15) is 0 Å². The van der Waals surface area contributed by atoms with Gasteiger partial charge in [-0.25, -0.2) is 4.68 Å². The molecule has 1 aromatic carbocycles. The minimum absolute atomic E-state index is 0.170. The van der Waals surface area contributed by atoms with Gasteiger partial charge in [-0.05, 0) is 47.9 Å². The number of nitrogens with zero attached hydrogens (tertiary/aromatic N) is 6. The maximum absolute atomic E-state index is 5.66. The van der Waals surface area contributed by atoms with Gasteiger partial charge in [0, 0.05) is 18.8 Å². The van der Waals surface area contributed by atoms with Crippen LogP contribution in [0.3, 0.4) is 0 Å². The predicted octanol–water partition coefficient (Wildman–Crippen LogP) is 2.21. The number of hydrogen-bond acceptors (Lipinski definition) is 6. The second-order valence-electron chi connectivity index (χ2n) is 6.30. The quantitative estimate of drug-likeness (QED) is 0.741. The first-order valence-corrected chi connectivity index (χ1v) is 8.52. The highest BCUT2D eigenvalue weighted by molar-refractivity contribution is 5.43. The second-order valence-corrected chi connectivity index (χ2v) is 6.30. The molecule has 8 nitrogen and oxygen atoms in total. The zero-order valence-corrected chi connectivity index (χ0v) is 14.1. The Bertz CT molecular complexity index is 791. The molecule has 0 saturated carbocycles. The SMILES string of the molecule is CC(Nc1cnn(CC2CCCO2)c1)c1ccc(-n2cnnn2)cc1. The maximum atomic E-state index is 5.66. The Morgan fingerprint density at radius 2 is 2.20 bits per heavy atom. The summed E-state index contributed by atoms with van der Waals surface area (Å²) >= 11 is 0. The molecule has 25 heavy (non-hydrogen) atoms. The normalized spacial score (nSPS) is 18.4. The van der Waals surface area contributed by atoms with Crippen LogP contribution in [0, 0.1) is 0 Å². The number of nitrogens with one attached hydrogen (secondary N) is 1. The van der Waals surface area contributed by atoms with Gasteiger partial charge < -0.3 is 10.1 Å². The van der Waals surface area contributed by atoms with Gasteiger partial charge in [0.15, 0.2) is 0 Å². The number of benzene rings is 1. The van der Waals surface area contributed by atoms with Gasteiger partial charge in [0.05, 0.1) is 30.2 Å². The molecule has 2 aromatic heterocycles. The lowest BCUT2D eigenvalue weighted by atomic mass is 10.1. The highest BCUT2D eigenvalue weighted by Crippen LogP contribution is 2.21. The summed E-state index contributed by atoms with van der Waals surface area (Å²) < 4.78 is 9.25. The van der Waals surface area contributed by atoms with Crippen molar-refractivity contribution < 1.29 is 4.74 Å². The number of hydrogen-bond donors (Lipinski definition) is 1. The van der Waals surface area contributed by atoms with Crippen molar-refractivity contribution in [1.82, 2.24) is 30.0 Å². The van der Waals surface area contributed by atoms with Crippen LogP contribution in [0.4, 0.5) is 5.69 Å². The molecule has 0 radical (unpaired) electrons. The van der Waals surface area contributed by atoms with Crippen LogP contribution < -0.4 is 5.32 Å². The third-order valence-electron chi connectivity index (χ3n) is 4.44. The van der Waals surface area contributed by atoms with E-state index in [4.69, 9.17) is 4.74 Å². The van der Waals surface area contributed by atoms with E-state index >= 15 is 0 Å². The van der Waals surface area contributed by atoms with E-state index in [0.29, 0.717) is 6.10 Å². The number of anilines is 1. The van der Waals surface area contributed by atoms with Gasteiger partial charge in [-0.1, -0.05) is 12.1 Å². The highest BCUT2D eigenvalue weighted by Gasteiger charge is 2.16. The molecule has 0 spiro atoms. The van der Waals surface area contributed by atoms with E-state index in [-0.39, 0.29) is 6.04 Å². The minimum Gasteiger partial charge on any atom is -0.376 e. The van der Waals surface area contributed by atoms with Crippen LogP contribution in [0.5, 0.6) is 0 Å². The lowest BCUT2D eigenvalue weighted by molar-refractivity contribution is 0.0940. The van der Waals surface area contributed by atoms with E-state index < -0.39 is 0 Å². The average molecular weight is 339 g/mol. The molecular weight excluding hydrogens is 318 g/mol. The van der Waals surface area contributed by atoms with Crippen LogP contribution in [-0.2, 0) is 11.3 Å². The van der Waals surface area contributed by atoms with Crippen molar-refractivity contribution in [3.8, 4) is 5.69 Å². The largest absolute Gasteiger partial charge is 0.376 e. The van der Waals surface area contributed by atoms with Crippen molar-refractivity contribution in [2.24, 2.45) is 0 Å². The topological polar surface area (TPSA) is 82.7 Å². The molecule has 0 amide bonds. The Kier molecular flexibility index (Phi) is 4.43. The number of ether oxygens (including phenoxy) is 1. The third-order valence-corrected chi connectivity index (χ3v) is 4.44. The second kappa shape index (κ2) is 7.02. The van der Waals surface area contributed by atoms with E-state index in [1.807, 2.05) is 29.2 Å². The van der Waals surface area contributed by atoms with Crippen molar-refractivity contribution in [2.45, 2.75) is 38.5 Å². The highest BCUT2D eigenvalue weighted by atomic mass is 16.5. The molecule has 1 N–H and O–H groups in total. The maximum Gasteiger partial charge on any atom is 0.143 e. The first-order valence-electron chi connectivity index (χ1n) is 8.52. The third kappa shape index (κ3) is 3.69. The Labute approximate surface area is 145 Å². The van der Waals surface area contributed by atoms with Gasteiger partial charge in [0.25, 0.3) is 0 Å². The van der Waals surface area contributed by atoms with E-state index in [1.165, 1.54) is 5.56 Å². The molecule has 2 atom stereocenters. The van der Waals surface area contributed by atoms with Gasteiger partial charge in [-0.15, -0.1) is 5.10 Å². The molecule has 130 valence electrons. The first kappa shape index (κ1) is 15.8. The van der Waals surface area contributed by atoms with Gasteiger partial charge >= 0.3 is 0 Å². The molecule has 2 unspecified atom stereocenters. The van der Waals surface area contributed by atoms with E-state index in [2.05, 4.69) is 45.0 Å².